The van der Waals surface area contributed by atoms with E-state index < -0.39 is 5.51 Å². The molecule has 0 aliphatic carbocycles. The molecule has 0 fully saturated rings. The molecule has 1 rings (SSSR count). The fourth-order valence-corrected chi connectivity index (χ4v) is 2.13. The molecule has 0 aromatic carbocycles. The molecule has 1 heterocycles. The lowest BCUT2D eigenvalue weighted by Gasteiger charge is -2.11. The SMILES string of the molecule is CCCNC(C)c1ccn(CCSC(F)(F)F)c1. The van der Waals surface area contributed by atoms with Crippen LogP contribution in [0.2, 0.25) is 0 Å². The van der Waals surface area contributed by atoms with Gasteiger partial charge in [-0.3, -0.25) is 0 Å². The maximum Gasteiger partial charge on any atom is 0.441 e. The Hall–Kier alpha value is -0.620. The Morgan fingerprint density at radius 1 is 1.44 bits per heavy atom. The van der Waals surface area contributed by atoms with Gasteiger partial charge in [-0.15, -0.1) is 0 Å². The number of rotatable bonds is 7. The third kappa shape index (κ3) is 5.82. The summed E-state index contributed by atoms with van der Waals surface area (Å²) in [5, 5.41) is 3.34. The zero-order valence-corrected chi connectivity index (χ0v) is 11.4. The van der Waals surface area contributed by atoms with Gasteiger partial charge in [0.1, 0.15) is 0 Å². The summed E-state index contributed by atoms with van der Waals surface area (Å²) in [6.07, 6.45) is 4.80. The molecule has 6 heteroatoms. The van der Waals surface area contributed by atoms with Crippen LogP contribution in [0.25, 0.3) is 0 Å². The predicted molar refractivity (Wildman–Crippen MR) is 69.7 cm³/mol. The number of nitrogens with zero attached hydrogens (tertiary/aromatic N) is 1. The lowest BCUT2D eigenvalue weighted by Crippen LogP contribution is -2.18. The van der Waals surface area contributed by atoms with Crippen molar-refractivity contribution >= 4 is 11.8 Å². The first-order valence-electron chi connectivity index (χ1n) is 6.02. The normalized spacial score (nSPS) is 13.8. The van der Waals surface area contributed by atoms with E-state index >= 15 is 0 Å². The molecule has 0 saturated heterocycles. The molecule has 0 aliphatic rings. The van der Waals surface area contributed by atoms with Gasteiger partial charge in [0, 0.05) is 30.7 Å². The Morgan fingerprint density at radius 3 is 2.78 bits per heavy atom. The number of nitrogens with one attached hydrogen (secondary N) is 1. The molecule has 0 spiro atoms. The second kappa shape index (κ2) is 7.09. The summed E-state index contributed by atoms with van der Waals surface area (Å²) in [4.78, 5) is 0. The smallest absolute Gasteiger partial charge is 0.353 e. The van der Waals surface area contributed by atoms with Crippen molar-refractivity contribution < 1.29 is 13.2 Å². The van der Waals surface area contributed by atoms with Crippen molar-refractivity contribution in [3.63, 3.8) is 0 Å². The average molecular weight is 280 g/mol. The van der Waals surface area contributed by atoms with Gasteiger partial charge >= 0.3 is 5.51 Å². The van der Waals surface area contributed by atoms with E-state index in [1.165, 1.54) is 0 Å². The van der Waals surface area contributed by atoms with Gasteiger partial charge < -0.3 is 9.88 Å². The van der Waals surface area contributed by atoms with Crippen molar-refractivity contribution in [3.05, 3.63) is 24.0 Å². The molecular formula is C12H19F3N2S. The summed E-state index contributed by atoms with van der Waals surface area (Å²) in [7, 11) is 0. The number of halogens is 3. The number of aryl methyl sites for hydroxylation is 1. The maximum atomic E-state index is 12.0. The van der Waals surface area contributed by atoms with Crippen molar-refractivity contribution in [2.24, 2.45) is 0 Å². The van der Waals surface area contributed by atoms with E-state index in [1.54, 1.807) is 4.57 Å². The number of hydrogen-bond donors (Lipinski definition) is 1. The summed E-state index contributed by atoms with van der Waals surface area (Å²) in [5.74, 6) is 0.0500. The molecule has 0 aliphatic heterocycles. The Bertz CT molecular complexity index is 349. The average Bonchev–Trinajstić information content (AvgIpc) is 2.73. The quantitative estimate of drug-likeness (QED) is 0.818. The van der Waals surface area contributed by atoms with Crippen molar-refractivity contribution in [2.75, 3.05) is 12.3 Å². The van der Waals surface area contributed by atoms with Crippen LogP contribution in [0.15, 0.2) is 18.5 Å². The van der Waals surface area contributed by atoms with Gasteiger partial charge in [-0.05, 0) is 43.3 Å². The number of thioether (sulfide) groups is 1. The van der Waals surface area contributed by atoms with E-state index in [9.17, 15) is 13.2 Å². The molecule has 104 valence electrons. The monoisotopic (exact) mass is 280 g/mol. The fourth-order valence-electron chi connectivity index (χ4n) is 1.60. The molecule has 1 N–H and O–H groups in total. The highest BCUT2D eigenvalue weighted by Crippen LogP contribution is 2.30. The number of aromatic nitrogens is 1. The Balaban J connectivity index is 2.38. The number of hydrogen-bond acceptors (Lipinski definition) is 2. The molecule has 2 nitrogen and oxygen atoms in total. The summed E-state index contributed by atoms with van der Waals surface area (Å²) in [6.45, 7) is 5.47. The van der Waals surface area contributed by atoms with Crippen LogP contribution < -0.4 is 5.32 Å². The topological polar surface area (TPSA) is 17.0 Å². The van der Waals surface area contributed by atoms with Gasteiger partial charge in [-0.1, -0.05) is 6.92 Å². The second-order valence-corrected chi connectivity index (χ2v) is 5.31. The molecule has 1 unspecified atom stereocenters. The van der Waals surface area contributed by atoms with Crippen LogP contribution in [0.4, 0.5) is 13.2 Å². The van der Waals surface area contributed by atoms with Gasteiger partial charge in [0.05, 0.1) is 0 Å². The number of alkyl halides is 3. The van der Waals surface area contributed by atoms with Gasteiger partial charge in [-0.25, -0.2) is 0 Å². The zero-order valence-electron chi connectivity index (χ0n) is 10.6. The van der Waals surface area contributed by atoms with E-state index in [0.29, 0.717) is 6.54 Å². The Kier molecular flexibility index (Phi) is 6.08. The molecule has 18 heavy (non-hydrogen) atoms. The standard InChI is InChI=1S/C12H19F3N2S/c1-3-5-16-10(2)11-4-6-17(9-11)7-8-18-12(13,14)15/h4,6,9-10,16H,3,5,7-8H2,1-2H3. The highest BCUT2D eigenvalue weighted by molar-refractivity contribution is 8.00. The minimum absolute atomic E-state index is 0.0235. The van der Waals surface area contributed by atoms with E-state index in [4.69, 9.17) is 0 Å². The molecule has 1 aromatic rings. The van der Waals surface area contributed by atoms with Crippen LogP contribution >= 0.6 is 11.8 Å². The van der Waals surface area contributed by atoms with Gasteiger partial charge in [0.15, 0.2) is 0 Å². The third-order valence-electron chi connectivity index (χ3n) is 2.59. The van der Waals surface area contributed by atoms with Crippen molar-refractivity contribution in [3.8, 4) is 0 Å². The molecule has 0 bridgehead atoms. The first-order chi connectivity index (χ1) is 8.42. The highest BCUT2D eigenvalue weighted by Gasteiger charge is 2.27. The van der Waals surface area contributed by atoms with Crippen molar-refractivity contribution in [1.29, 1.82) is 0 Å². The summed E-state index contributed by atoms with van der Waals surface area (Å²) in [6, 6.07) is 2.19. The van der Waals surface area contributed by atoms with Crippen LogP contribution in [0.3, 0.4) is 0 Å². The van der Waals surface area contributed by atoms with Crippen LogP contribution in [-0.2, 0) is 6.54 Å². The third-order valence-corrected chi connectivity index (χ3v) is 3.30. The van der Waals surface area contributed by atoms with Gasteiger partial charge in [0.2, 0.25) is 0 Å². The van der Waals surface area contributed by atoms with E-state index in [-0.39, 0.29) is 23.6 Å². The van der Waals surface area contributed by atoms with Crippen molar-refractivity contribution in [1.82, 2.24) is 9.88 Å². The lowest BCUT2D eigenvalue weighted by molar-refractivity contribution is -0.0328. The Labute approximate surface area is 110 Å². The minimum Gasteiger partial charge on any atom is -0.353 e. The lowest BCUT2D eigenvalue weighted by atomic mass is 10.2. The molecule has 1 aromatic heterocycles. The molecule has 0 amide bonds. The first kappa shape index (κ1) is 15.4. The molecule has 1 atom stereocenters. The van der Waals surface area contributed by atoms with Gasteiger partial charge in [0.25, 0.3) is 0 Å². The van der Waals surface area contributed by atoms with Crippen LogP contribution in [-0.4, -0.2) is 22.4 Å². The summed E-state index contributed by atoms with van der Waals surface area (Å²) < 4.78 is 37.7. The summed E-state index contributed by atoms with van der Waals surface area (Å²) >= 11 is 0.0235. The van der Waals surface area contributed by atoms with E-state index in [1.807, 2.05) is 18.5 Å². The van der Waals surface area contributed by atoms with Crippen LogP contribution in [0.5, 0.6) is 0 Å². The van der Waals surface area contributed by atoms with E-state index in [2.05, 4.69) is 19.2 Å². The minimum atomic E-state index is -4.13. The largest absolute Gasteiger partial charge is 0.441 e. The molecular weight excluding hydrogens is 261 g/mol. The fraction of sp³-hybridized carbons (Fsp3) is 0.667. The summed E-state index contributed by atoms with van der Waals surface area (Å²) in [5.41, 5.74) is -3.02. The predicted octanol–water partition coefficient (Wildman–Crippen LogP) is 3.80. The second-order valence-electron chi connectivity index (χ2n) is 4.15. The Morgan fingerprint density at radius 2 is 2.17 bits per heavy atom. The zero-order chi connectivity index (χ0) is 13.6. The molecule has 0 radical (unpaired) electrons. The van der Waals surface area contributed by atoms with Crippen molar-refractivity contribution in [2.45, 2.75) is 38.4 Å². The first-order valence-corrected chi connectivity index (χ1v) is 7.00. The maximum absolute atomic E-state index is 12.0. The van der Waals surface area contributed by atoms with Gasteiger partial charge in [-0.2, -0.15) is 13.2 Å². The van der Waals surface area contributed by atoms with Crippen LogP contribution in [0, 0.1) is 0 Å². The highest BCUT2D eigenvalue weighted by atomic mass is 32.2. The van der Waals surface area contributed by atoms with Crippen LogP contribution in [0.1, 0.15) is 31.9 Å². The van der Waals surface area contributed by atoms with E-state index in [0.717, 1.165) is 18.5 Å². The molecule has 0 saturated carbocycles.